The Bertz CT molecular complexity index is 873. The molecule has 0 saturated heterocycles. The molecule has 1 atom stereocenters. The van der Waals surface area contributed by atoms with Gasteiger partial charge in [-0.25, -0.2) is 4.79 Å². The van der Waals surface area contributed by atoms with E-state index in [2.05, 4.69) is 34.3 Å². The SMILES string of the molecule is O=C(Nc1ccc(Cl)cc1)N1CCn2cccc2C1c1ccccc1. The van der Waals surface area contributed by atoms with Crippen LogP contribution in [0.15, 0.2) is 72.9 Å². The number of nitrogens with one attached hydrogen (secondary N) is 1. The normalized spacial score (nSPS) is 16.4. The average Bonchev–Trinajstić information content (AvgIpc) is 3.12. The molecule has 1 aliphatic rings. The summed E-state index contributed by atoms with van der Waals surface area (Å²) in [5.74, 6) is 0. The van der Waals surface area contributed by atoms with Crippen molar-refractivity contribution in [1.82, 2.24) is 9.47 Å². The number of rotatable bonds is 2. The number of carbonyl (C=O) groups is 1. The summed E-state index contributed by atoms with van der Waals surface area (Å²) < 4.78 is 2.21. The second-order valence-corrected chi connectivity index (χ2v) is 6.51. The van der Waals surface area contributed by atoms with Gasteiger partial charge in [0.05, 0.1) is 6.04 Å². The predicted molar refractivity (Wildman–Crippen MR) is 99.9 cm³/mol. The van der Waals surface area contributed by atoms with E-state index in [-0.39, 0.29) is 12.1 Å². The second-order valence-electron chi connectivity index (χ2n) is 6.07. The van der Waals surface area contributed by atoms with Crippen molar-refractivity contribution in [2.75, 3.05) is 11.9 Å². The van der Waals surface area contributed by atoms with Crippen molar-refractivity contribution in [3.63, 3.8) is 0 Å². The van der Waals surface area contributed by atoms with Crippen molar-refractivity contribution in [1.29, 1.82) is 0 Å². The number of carbonyl (C=O) groups excluding carboxylic acids is 1. The molecule has 0 fully saturated rings. The molecule has 0 spiro atoms. The molecule has 1 aromatic heterocycles. The van der Waals surface area contributed by atoms with Crippen molar-refractivity contribution in [3.05, 3.63) is 89.2 Å². The van der Waals surface area contributed by atoms with E-state index >= 15 is 0 Å². The van der Waals surface area contributed by atoms with Gasteiger partial charge >= 0.3 is 6.03 Å². The van der Waals surface area contributed by atoms with E-state index in [0.717, 1.165) is 23.5 Å². The fraction of sp³-hybridized carbons (Fsp3) is 0.150. The van der Waals surface area contributed by atoms with Crippen LogP contribution in [0.2, 0.25) is 5.02 Å². The monoisotopic (exact) mass is 351 g/mol. The van der Waals surface area contributed by atoms with Gasteiger partial charge in [0.25, 0.3) is 0 Å². The number of hydrogen-bond donors (Lipinski definition) is 1. The number of fused-ring (bicyclic) bond motifs is 1. The number of anilines is 1. The summed E-state index contributed by atoms with van der Waals surface area (Å²) >= 11 is 5.92. The van der Waals surface area contributed by atoms with Gasteiger partial charge < -0.3 is 14.8 Å². The first kappa shape index (κ1) is 15.8. The van der Waals surface area contributed by atoms with Crippen molar-refractivity contribution in [2.45, 2.75) is 12.6 Å². The van der Waals surface area contributed by atoms with Gasteiger partial charge in [-0.3, -0.25) is 0 Å². The molecule has 0 saturated carbocycles. The van der Waals surface area contributed by atoms with Gasteiger partial charge in [0.1, 0.15) is 0 Å². The lowest BCUT2D eigenvalue weighted by atomic mass is 10.0. The molecule has 1 aliphatic heterocycles. The van der Waals surface area contributed by atoms with Gasteiger partial charge in [-0.2, -0.15) is 0 Å². The standard InChI is InChI=1S/C20H18ClN3O/c21-16-8-10-17(11-9-16)22-20(25)24-14-13-23-12-4-7-18(23)19(24)15-5-2-1-3-6-15/h1-12,19H,13-14H2,(H,22,25). The Morgan fingerprint density at radius 1 is 0.960 bits per heavy atom. The molecular formula is C20H18ClN3O. The maximum absolute atomic E-state index is 12.9. The molecule has 4 nitrogen and oxygen atoms in total. The summed E-state index contributed by atoms with van der Waals surface area (Å²) in [7, 11) is 0. The molecule has 2 aromatic carbocycles. The maximum Gasteiger partial charge on any atom is 0.322 e. The molecular weight excluding hydrogens is 334 g/mol. The fourth-order valence-electron chi connectivity index (χ4n) is 3.32. The molecule has 1 unspecified atom stereocenters. The number of aromatic nitrogens is 1. The summed E-state index contributed by atoms with van der Waals surface area (Å²) in [4.78, 5) is 14.8. The molecule has 0 bridgehead atoms. The number of nitrogens with zero attached hydrogens (tertiary/aromatic N) is 2. The van der Waals surface area contributed by atoms with Crippen molar-refractivity contribution in [3.8, 4) is 0 Å². The highest BCUT2D eigenvalue weighted by atomic mass is 35.5. The minimum absolute atomic E-state index is 0.0998. The van der Waals surface area contributed by atoms with E-state index in [0.29, 0.717) is 11.6 Å². The quantitative estimate of drug-likeness (QED) is 0.709. The molecule has 25 heavy (non-hydrogen) atoms. The van der Waals surface area contributed by atoms with Crippen LogP contribution < -0.4 is 5.32 Å². The second kappa shape index (κ2) is 6.65. The van der Waals surface area contributed by atoms with Crippen molar-refractivity contribution >= 4 is 23.3 Å². The molecule has 126 valence electrons. The van der Waals surface area contributed by atoms with Crippen LogP contribution in [-0.4, -0.2) is 22.0 Å². The van der Waals surface area contributed by atoms with E-state index in [1.54, 1.807) is 12.1 Å². The lowest BCUT2D eigenvalue weighted by Gasteiger charge is -2.37. The highest BCUT2D eigenvalue weighted by molar-refractivity contribution is 6.30. The van der Waals surface area contributed by atoms with E-state index in [1.807, 2.05) is 41.3 Å². The van der Waals surface area contributed by atoms with E-state index in [9.17, 15) is 4.79 Å². The molecule has 2 amide bonds. The van der Waals surface area contributed by atoms with Crippen molar-refractivity contribution < 1.29 is 4.79 Å². The zero-order valence-corrected chi connectivity index (χ0v) is 14.4. The van der Waals surface area contributed by atoms with Crippen LogP contribution in [0.1, 0.15) is 17.3 Å². The third kappa shape index (κ3) is 3.13. The molecule has 0 radical (unpaired) electrons. The minimum Gasteiger partial charge on any atom is -0.348 e. The molecule has 5 heteroatoms. The van der Waals surface area contributed by atoms with Gasteiger partial charge in [0.15, 0.2) is 0 Å². The third-order valence-corrected chi connectivity index (χ3v) is 4.76. The van der Waals surface area contributed by atoms with Crippen LogP contribution in [0.25, 0.3) is 0 Å². The summed E-state index contributed by atoms with van der Waals surface area (Å²) in [6.07, 6.45) is 2.07. The zero-order chi connectivity index (χ0) is 17.2. The number of hydrogen-bond acceptors (Lipinski definition) is 1. The average molecular weight is 352 g/mol. The largest absolute Gasteiger partial charge is 0.348 e. The first-order chi connectivity index (χ1) is 12.2. The van der Waals surface area contributed by atoms with Gasteiger partial charge in [-0.05, 0) is 42.0 Å². The maximum atomic E-state index is 12.9. The van der Waals surface area contributed by atoms with Gasteiger partial charge in [0.2, 0.25) is 0 Å². The Labute approximate surface area is 151 Å². The van der Waals surface area contributed by atoms with Gasteiger partial charge in [-0.1, -0.05) is 41.9 Å². The first-order valence-electron chi connectivity index (χ1n) is 8.25. The van der Waals surface area contributed by atoms with E-state index in [1.165, 1.54) is 0 Å². The van der Waals surface area contributed by atoms with E-state index < -0.39 is 0 Å². The minimum atomic E-state index is -0.108. The molecule has 0 aliphatic carbocycles. The topological polar surface area (TPSA) is 37.3 Å². The van der Waals surface area contributed by atoms with Crippen LogP contribution in [0, 0.1) is 0 Å². The molecule has 1 N–H and O–H groups in total. The highest BCUT2D eigenvalue weighted by Crippen LogP contribution is 2.32. The van der Waals surface area contributed by atoms with Crippen LogP contribution in [-0.2, 0) is 6.54 Å². The first-order valence-corrected chi connectivity index (χ1v) is 8.63. The van der Waals surface area contributed by atoms with Gasteiger partial charge in [0, 0.05) is 35.7 Å². The Kier molecular flexibility index (Phi) is 4.20. The zero-order valence-electron chi connectivity index (χ0n) is 13.6. The smallest absolute Gasteiger partial charge is 0.322 e. The van der Waals surface area contributed by atoms with Gasteiger partial charge in [-0.15, -0.1) is 0 Å². The lowest BCUT2D eigenvalue weighted by molar-refractivity contribution is 0.182. The van der Waals surface area contributed by atoms with Crippen molar-refractivity contribution in [2.24, 2.45) is 0 Å². The fourth-order valence-corrected chi connectivity index (χ4v) is 3.44. The van der Waals surface area contributed by atoms with E-state index in [4.69, 9.17) is 11.6 Å². The van der Waals surface area contributed by atoms with Crippen LogP contribution >= 0.6 is 11.6 Å². The van der Waals surface area contributed by atoms with Crippen LogP contribution in [0.3, 0.4) is 0 Å². The lowest BCUT2D eigenvalue weighted by Crippen LogP contribution is -2.44. The Balaban J connectivity index is 1.65. The summed E-state index contributed by atoms with van der Waals surface area (Å²) in [5, 5.41) is 3.63. The number of halogens is 1. The summed E-state index contributed by atoms with van der Waals surface area (Å²) in [6, 6.07) is 21.2. The number of amides is 2. The summed E-state index contributed by atoms with van der Waals surface area (Å²) in [5.41, 5.74) is 2.97. The predicted octanol–water partition coefficient (Wildman–Crippen LogP) is 4.78. The third-order valence-electron chi connectivity index (χ3n) is 4.51. The van der Waals surface area contributed by atoms with Crippen LogP contribution in [0.5, 0.6) is 0 Å². The molecule has 4 rings (SSSR count). The van der Waals surface area contributed by atoms with Crippen LogP contribution in [0.4, 0.5) is 10.5 Å². The molecule has 2 heterocycles. The Hall–Kier alpha value is -2.72. The highest BCUT2D eigenvalue weighted by Gasteiger charge is 2.32. The molecule has 3 aromatic rings. The number of benzene rings is 2. The Morgan fingerprint density at radius 2 is 1.72 bits per heavy atom. The number of urea groups is 1. The Morgan fingerprint density at radius 3 is 2.48 bits per heavy atom. The summed E-state index contributed by atoms with van der Waals surface area (Å²) in [6.45, 7) is 1.44.